The third-order valence-corrected chi connectivity index (χ3v) is 2.47. The molecule has 7 heteroatoms. The molecule has 0 aliphatic heterocycles. The zero-order valence-electron chi connectivity index (χ0n) is 8.09. The summed E-state index contributed by atoms with van der Waals surface area (Å²) < 4.78 is 2.20. The van der Waals surface area contributed by atoms with Crippen LogP contribution in [0, 0.1) is 0 Å². The van der Waals surface area contributed by atoms with Crippen molar-refractivity contribution in [2.75, 3.05) is 5.73 Å². The molecule has 2 aromatic heterocycles. The van der Waals surface area contributed by atoms with Crippen LogP contribution in [0.5, 0.6) is 0 Å². The van der Waals surface area contributed by atoms with Crippen LogP contribution >= 0.6 is 15.9 Å². The second-order valence-electron chi connectivity index (χ2n) is 3.05. The van der Waals surface area contributed by atoms with Crippen LogP contribution < -0.4 is 11.5 Å². The molecule has 0 saturated carbocycles. The van der Waals surface area contributed by atoms with Crippen molar-refractivity contribution in [2.24, 2.45) is 5.73 Å². The normalized spacial score (nSPS) is 10.3. The first kappa shape index (κ1) is 10.6. The molecule has 2 rings (SSSR count). The van der Waals surface area contributed by atoms with Crippen molar-refractivity contribution in [2.45, 2.75) is 0 Å². The highest BCUT2D eigenvalue weighted by Gasteiger charge is 2.13. The maximum atomic E-state index is 11.0. The van der Waals surface area contributed by atoms with Crippen molar-refractivity contribution in [1.82, 2.24) is 14.8 Å². The Morgan fingerprint density at radius 3 is 2.62 bits per heavy atom. The summed E-state index contributed by atoms with van der Waals surface area (Å²) in [6.45, 7) is 0. The predicted molar refractivity (Wildman–Crippen MR) is 62.0 cm³/mol. The Bertz CT molecular complexity index is 533. The molecule has 0 aliphatic carbocycles. The van der Waals surface area contributed by atoms with Gasteiger partial charge in [0.25, 0.3) is 5.91 Å². The van der Waals surface area contributed by atoms with E-state index in [1.54, 1.807) is 18.3 Å². The molecule has 0 spiro atoms. The fraction of sp³-hybridized carbons (Fsp3) is 0. The Morgan fingerprint density at radius 1 is 1.38 bits per heavy atom. The van der Waals surface area contributed by atoms with Crippen LogP contribution in [0.25, 0.3) is 5.82 Å². The number of amides is 1. The number of primary amides is 1. The van der Waals surface area contributed by atoms with Gasteiger partial charge in [-0.2, -0.15) is 9.78 Å². The molecule has 82 valence electrons. The van der Waals surface area contributed by atoms with Gasteiger partial charge in [-0.1, -0.05) is 0 Å². The van der Waals surface area contributed by atoms with E-state index in [1.807, 2.05) is 0 Å². The van der Waals surface area contributed by atoms with Crippen LogP contribution in [0.2, 0.25) is 0 Å². The standard InChI is InChI=1S/C9H8BrN5O/c10-5-1-2-7(13-3-5)15-8(11)6(4-14-15)9(12)16/h1-4H,11H2,(H2,12,16). The predicted octanol–water partition coefficient (Wildman–Crippen LogP) is 0.711. The van der Waals surface area contributed by atoms with E-state index in [-0.39, 0.29) is 11.4 Å². The molecule has 0 aromatic carbocycles. The Kier molecular flexibility index (Phi) is 2.61. The number of halogens is 1. The average molecular weight is 282 g/mol. The summed E-state index contributed by atoms with van der Waals surface area (Å²) in [6, 6.07) is 3.52. The second-order valence-corrected chi connectivity index (χ2v) is 3.97. The van der Waals surface area contributed by atoms with Gasteiger partial charge in [0.1, 0.15) is 11.4 Å². The summed E-state index contributed by atoms with van der Waals surface area (Å²) >= 11 is 3.27. The lowest BCUT2D eigenvalue weighted by molar-refractivity contribution is 0.100. The number of rotatable bonds is 2. The average Bonchev–Trinajstić information content (AvgIpc) is 2.61. The number of nitrogens with zero attached hydrogens (tertiary/aromatic N) is 3. The van der Waals surface area contributed by atoms with Crippen molar-refractivity contribution in [3.8, 4) is 5.82 Å². The van der Waals surface area contributed by atoms with Crippen LogP contribution in [0.3, 0.4) is 0 Å². The Balaban J connectivity index is 2.49. The smallest absolute Gasteiger partial charge is 0.254 e. The summed E-state index contributed by atoms with van der Waals surface area (Å²) in [6.07, 6.45) is 2.93. The second kappa shape index (κ2) is 3.93. The number of anilines is 1. The molecule has 0 radical (unpaired) electrons. The first-order valence-corrected chi connectivity index (χ1v) is 5.14. The summed E-state index contributed by atoms with van der Waals surface area (Å²) in [7, 11) is 0. The van der Waals surface area contributed by atoms with Gasteiger partial charge in [0.05, 0.1) is 6.20 Å². The van der Waals surface area contributed by atoms with E-state index in [4.69, 9.17) is 11.5 Å². The van der Waals surface area contributed by atoms with Gasteiger partial charge in [-0.05, 0) is 28.1 Å². The molecule has 4 N–H and O–H groups in total. The van der Waals surface area contributed by atoms with Crippen LogP contribution in [0.15, 0.2) is 29.0 Å². The maximum Gasteiger partial charge on any atom is 0.254 e. The van der Waals surface area contributed by atoms with Crippen molar-refractivity contribution in [1.29, 1.82) is 0 Å². The molecule has 2 aromatic rings. The molecule has 0 bridgehead atoms. The quantitative estimate of drug-likeness (QED) is 0.847. The number of hydrogen-bond donors (Lipinski definition) is 2. The lowest BCUT2D eigenvalue weighted by atomic mass is 10.3. The lowest BCUT2D eigenvalue weighted by Crippen LogP contribution is -2.13. The number of carbonyl (C=O) groups excluding carboxylic acids is 1. The van der Waals surface area contributed by atoms with E-state index in [2.05, 4.69) is 26.0 Å². The van der Waals surface area contributed by atoms with Gasteiger partial charge in [0.2, 0.25) is 0 Å². The summed E-state index contributed by atoms with van der Waals surface area (Å²) in [5.74, 6) is 0.0939. The van der Waals surface area contributed by atoms with Crippen molar-refractivity contribution >= 4 is 27.7 Å². The Morgan fingerprint density at radius 2 is 2.12 bits per heavy atom. The number of nitrogens with two attached hydrogens (primary N) is 2. The van der Waals surface area contributed by atoms with E-state index in [1.165, 1.54) is 10.9 Å². The zero-order chi connectivity index (χ0) is 11.7. The molecule has 0 unspecified atom stereocenters. The first-order valence-electron chi connectivity index (χ1n) is 4.35. The summed E-state index contributed by atoms with van der Waals surface area (Å²) in [5, 5.41) is 3.95. The monoisotopic (exact) mass is 281 g/mol. The molecule has 2 heterocycles. The van der Waals surface area contributed by atoms with E-state index in [0.717, 1.165) is 4.47 Å². The van der Waals surface area contributed by atoms with Gasteiger partial charge in [-0.25, -0.2) is 4.98 Å². The van der Waals surface area contributed by atoms with E-state index in [0.29, 0.717) is 5.82 Å². The zero-order valence-corrected chi connectivity index (χ0v) is 9.68. The number of pyridine rings is 1. The largest absolute Gasteiger partial charge is 0.383 e. The number of aromatic nitrogens is 3. The Labute approximate surface area is 99.4 Å². The van der Waals surface area contributed by atoms with Crippen molar-refractivity contribution in [3.05, 3.63) is 34.6 Å². The third kappa shape index (κ3) is 1.76. The SMILES string of the molecule is NC(=O)c1cnn(-c2ccc(Br)cn2)c1N. The highest BCUT2D eigenvalue weighted by atomic mass is 79.9. The van der Waals surface area contributed by atoms with Gasteiger partial charge >= 0.3 is 0 Å². The van der Waals surface area contributed by atoms with E-state index < -0.39 is 5.91 Å². The van der Waals surface area contributed by atoms with Gasteiger partial charge in [0, 0.05) is 10.7 Å². The molecule has 1 amide bonds. The molecule has 0 saturated heterocycles. The highest BCUT2D eigenvalue weighted by Crippen LogP contribution is 2.16. The third-order valence-electron chi connectivity index (χ3n) is 2.00. The maximum absolute atomic E-state index is 11.0. The number of hydrogen-bond acceptors (Lipinski definition) is 4. The van der Waals surface area contributed by atoms with E-state index >= 15 is 0 Å². The molecular weight excluding hydrogens is 274 g/mol. The number of nitrogen functional groups attached to an aromatic ring is 1. The molecule has 6 nitrogen and oxygen atoms in total. The molecule has 16 heavy (non-hydrogen) atoms. The lowest BCUT2D eigenvalue weighted by Gasteiger charge is -2.02. The van der Waals surface area contributed by atoms with Crippen LogP contribution in [0.4, 0.5) is 5.82 Å². The fourth-order valence-corrected chi connectivity index (χ4v) is 1.46. The van der Waals surface area contributed by atoms with Crippen molar-refractivity contribution < 1.29 is 4.79 Å². The fourth-order valence-electron chi connectivity index (χ4n) is 1.22. The highest BCUT2D eigenvalue weighted by molar-refractivity contribution is 9.10. The van der Waals surface area contributed by atoms with Gasteiger partial charge in [0.15, 0.2) is 5.82 Å². The van der Waals surface area contributed by atoms with Gasteiger partial charge in [-0.15, -0.1) is 0 Å². The minimum Gasteiger partial charge on any atom is -0.383 e. The van der Waals surface area contributed by atoms with Crippen LogP contribution in [-0.4, -0.2) is 20.7 Å². The van der Waals surface area contributed by atoms with Crippen LogP contribution in [-0.2, 0) is 0 Å². The van der Waals surface area contributed by atoms with E-state index in [9.17, 15) is 4.79 Å². The minimum atomic E-state index is -0.610. The topological polar surface area (TPSA) is 99.8 Å². The summed E-state index contributed by atoms with van der Waals surface area (Å²) in [4.78, 5) is 15.1. The molecule has 0 fully saturated rings. The summed E-state index contributed by atoms with van der Waals surface area (Å²) in [5.41, 5.74) is 11.0. The molecular formula is C9H8BrN5O. The van der Waals surface area contributed by atoms with Gasteiger partial charge < -0.3 is 11.5 Å². The van der Waals surface area contributed by atoms with Crippen LogP contribution in [0.1, 0.15) is 10.4 Å². The molecule has 0 atom stereocenters. The molecule has 0 aliphatic rings. The Hall–Kier alpha value is -1.89. The van der Waals surface area contributed by atoms with Crippen molar-refractivity contribution in [3.63, 3.8) is 0 Å². The first-order chi connectivity index (χ1) is 7.59. The van der Waals surface area contributed by atoms with Gasteiger partial charge in [-0.3, -0.25) is 4.79 Å². The minimum absolute atomic E-state index is 0.183. The number of carbonyl (C=O) groups is 1.